The highest BCUT2D eigenvalue weighted by atomic mass is 32.1. The molecule has 7 nitrogen and oxygen atoms in total. The lowest BCUT2D eigenvalue weighted by Crippen LogP contribution is -2.32. The predicted octanol–water partition coefficient (Wildman–Crippen LogP) is 0.291. The number of amides is 1. The Hall–Kier alpha value is -2.22. The van der Waals surface area contributed by atoms with Gasteiger partial charge in [-0.15, -0.1) is 11.3 Å². The molecule has 1 amide bonds. The molecule has 2 aromatic heterocycles. The number of H-pyrrole nitrogens is 2. The number of aromatic nitrogens is 3. The SMILES string of the molecule is Cc1csc([C@@H](C)CNC(=O)Cc2c[nH]c(=O)[nH]c2=O)n1. The van der Waals surface area contributed by atoms with Gasteiger partial charge in [0.15, 0.2) is 0 Å². The van der Waals surface area contributed by atoms with E-state index in [1.165, 1.54) is 6.20 Å². The first-order valence-corrected chi connectivity index (χ1v) is 7.33. The molecule has 2 aromatic rings. The van der Waals surface area contributed by atoms with Crippen LogP contribution < -0.4 is 16.6 Å². The molecule has 1 atom stereocenters. The van der Waals surface area contributed by atoms with Gasteiger partial charge in [-0.05, 0) is 6.92 Å². The Balaban J connectivity index is 1.90. The molecular weight excluding hydrogens is 292 g/mol. The topological polar surface area (TPSA) is 108 Å². The Kier molecular flexibility index (Phi) is 4.69. The van der Waals surface area contributed by atoms with Crippen LogP contribution in [0.25, 0.3) is 0 Å². The summed E-state index contributed by atoms with van der Waals surface area (Å²) in [6.07, 6.45) is 1.18. The third-order valence-corrected chi connectivity index (χ3v) is 4.11. The molecule has 0 spiro atoms. The number of carbonyl (C=O) groups excluding carboxylic acids is 1. The van der Waals surface area contributed by atoms with E-state index < -0.39 is 11.2 Å². The van der Waals surface area contributed by atoms with Gasteiger partial charge in [-0.25, -0.2) is 9.78 Å². The quantitative estimate of drug-likeness (QED) is 0.738. The van der Waals surface area contributed by atoms with Crippen molar-refractivity contribution in [1.82, 2.24) is 20.3 Å². The van der Waals surface area contributed by atoms with E-state index in [0.29, 0.717) is 6.54 Å². The van der Waals surface area contributed by atoms with Crippen LogP contribution in [0.4, 0.5) is 0 Å². The molecule has 0 saturated heterocycles. The number of hydrogen-bond acceptors (Lipinski definition) is 5. The van der Waals surface area contributed by atoms with Gasteiger partial charge in [0.25, 0.3) is 5.56 Å². The van der Waals surface area contributed by atoms with Crippen LogP contribution in [0.2, 0.25) is 0 Å². The highest BCUT2D eigenvalue weighted by molar-refractivity contribution is 7.09. The first-order valence-electron chi connectivity index (χ1n) is 6.45. The van der Waals surface area contributed by atoms with E-state index >= 15 is 0 Å². The standard InChI is InChI=1S/C13H16N4O3S/c1-7(12-16-8(2)6-21-12)4-14-10(18)3-9-5-15-13(20)17-11(9)19/h5-7H,3-4H2,1-2H3,(H,14,18)(H2,15,17,19,20)/t7-/m0/s1. The third-order valence-electron chi connectivity index (χ3n) is 2.91. The van der Waals surface area contributed by atoms with Crippen molar-refractivity contribution in [2.24, 2.45) is 0 Å². The second-order valence-corrected chi connectivity index (χ2v) is 5.70. The van der Waals surface area contributed by atoms with Crippen molar-refractivity contribution in [2.75, 3.05) is 6.54 Å². The molecular formula is C13H16N4O3S. The molecule has 21 heavy (non-hydrogen) atoms. The van der Waals surface area contributed by atoms with Gasteiger partial charge in [0.1, 0.15) is 0 Å². The molecule has 2 heterocycles. The number of aromatic amines is 2. The molecule has 0 bridgehead atoms. The molecule has 0 unspecified atom stereocenters. The summed E-state index contributed by atoms with van der Waals surface area (Å²) in [5.41, 5.74) is 0.0622. The molecule has 0 aliphatic heterocycles. The summed E-state index contributed by atoms with van der Waals surface area (Å²) in [6, 6.07) is 0. The first-order chi connectivity index (χ1) is 9.95. The molecule has 2 rings (SSSR count). The number of rotatable bonds is 5. The van der Waals surface area contributed by atoms with Crippen LogP contribution >= 0.6 is 11.3 Å². The van der Waals surface area contributed by atoms with Gasteiger partial charge in [-0.1, -0.05) is 6.92 Å². The van der Waals surface area contributed by atoms with Gasteiger partial charge >= 0.3 is 5.69 Å². The van der Waals surface area contributed by atoms with Crippen LogP contribution in [0.15, 0.2) is 21.2 Å². The maximum Gasteiger partial charge on any atom is 0.325 e. The number of nitrogens with one attached hydrogen (secondary N) is 3. The number of carbonyl (C=O) groups is 1. The van der Waals surface area contributed by atoms with Gasteiger partial charge in [0, 0.05) is 35.3 Å². The number of aryl methyl sites for hydroxylation is 1. The molecule has 0 aliphatic rings. The van der Waals surface area contributed by atoms with E-state index in [1.54, 1.807) is 11.3 Å². The minimum absolute atomic E-state index is 0.0737. The minimum Gasteiger partial charge on any atom is -0.355 e. The van der Waals surface area contributed by atoms with E-state index in [9.17, 15) is 14.4 Å². The van der Waals surface area contributed by atoms with E-state index in [1.807, 2.05) is 19.2 Å². The van der Waals surface area contributed by atoms with Crippen LogP contribution in [0.5, 0.6) is 0 Å². The summed E-state index contributed by atoms with van der Waals surface area (Å²) in [7, 11) is 0. The molecule has 0 aromatic carbocycles. The van der Waals surface area contributed by atoms with Crippen LogP contribution in [0, 0.1) is 6.92 Å². The Labute approximate surface area is 124 Å². The fourth-order valence-electron chi connectivity index (χ4n) is 1.76. The summed E-state index contributed by atoms with van der Waals surface area (Å²) < 4.78 is 0. The molecule has 3 N–H and O–H groups in total. The van der Waals surface area contributed by atoms with Crippen LogP contribution in [0.3, 0.4) is 0 Å². The molecule has 0 saturated carbocycles. The number of hydrogen-bond donors (Lipinski definition) is 3. The van der Waals surface area contributed by atoms with Gasteiger partial charge < -0.3 is 10.3 Å². The van der Waals surface area contributed by atoms with Crippen LogP contribution in [0.1, 0.15) is 29.1 Å². The zero-order valence-electron chi connectivity index (χ0n) is 11.7. The van der Waals surface area contributed by atoms with Gasteiger partial charge in [0.05, 0.1) is 11.4 Å². The lowest BCUT2D eigenvalue weighted by molar-refractivity contribution is -0.120. The third kappa shape index (κ3) is 4.12. The van der Waals surface area contributed by atoms with E-state index in [4.69, 9.17) is 0 Å². The van der Waals surface area contributed by atoms with Crippen molar-refractivity contribution in [3.63, 3.8) is 0 Å². The second-order valence-electron chi connectivity index (χ2n) is 4.81. The lowest BCUT2D eigenvalue weighted by Gasteiger charge is -2.09. The first kappa shape index (κ1) is 15.2. The normalized spacial score (nSPS) is 12.1. The zero-order chi connectivity index (χ0) is 15.4. The molecule has 0 fully saturated rings. The lowest BCUT2D eigenvalue weighted by atomic mass is 10.2. The van der Waals surface area contributed by atoms with Crippen molar-refractivity contribution in [2.45, 2.75) is 26.2 Å². The summed E-state index contributed by atoms with van der Waals surface area (Å²) >= 11 is 1.56. The Morgan fingerprint density at radius 1 is 1.48 bits per heavy atom. The molecule has 8 heteroatoms. The Morgan fingerprint density at radius 2 is 2.24 bits per heavy atom. The largest absolute Gasteiger partial charge is 0.355 e. The minimum atomic E-state index is -0.586. The Morgan fingerprint density at radius 3 is 2.86 bits per heavy atom. The average molecular weight is 308 g/mol. The van der Waals surface area contributed by atoms with E-state index in [2.05, 4.69) is 20.3 Å². The van der Waals surface area contributed by atoms with Crippen LogP contribution in [-0.4, -0.2) is 27.4 Å². The fourth-order valence-corrected chi connectivity index (χ4v) is 2.61. The van der Waals surface area contributed by atoms with Gasteiger partial charge in [-0.2, -0.15) is 0 Å². The zero-order valence-corrected chi connectivity index (χ0v) is 12.5. The number of nitrogens with zero attached hydrogens (tertiary/aromatic N) is 1. The Bertz CT molecular complexity index is 746. The van der Waals surface area contributed by atoms with Crippen molar-refractivity contribution in [3.05, 3.63) is 48.7 Å². The number of thiazole rings is 1. The van der Waals surface area contributed by atoms with Crippen molar-refractivity contribution < 1.29 is 4.79 Å². The summed E-state index contributed by atoms with van der Waals surface area (Å²) in [5.74, 6) is -0.158. The van der Waals surface area contributed by atoms with E-state index in [0.717, 1.165) is 10.7 Å². The van der Waals surface area contributed by atoms with Gasteiger partial charge in [0.2, 0.25) is 5.91 Å². The second kappa shape index (κ2) is 6.49. The van der Waals surface area contributed by atoms with Crippen LogP contribution in [-0.2, 0) is 11.2 Å². The van der Waals surface area contributed by atoms with Crippen molar-refractivity contribution >= 4 is 17.2 Å². The van der Waals surface area contributed by atoms with E-state index in [-0.39, 0.29) is 23.8 Å². The predicted molar refractivity (Wildman–Crippen MR) is 79.7 cm³/mol. The smallest absolute Gasteiger partial charge is 0.325 e. The van der Waals surface area contributed by atoms with Gasteiger partial charge in [-0.3, -0.25) is 14.6 Å². The molecule has 0 radical (unpaired) electrons. The summed E-state index contributed by atoms with van der Waals surface area (Å²) in [5, 5.41) is 5.70. The van der Waals surface area contributed by atoms with Crippen molar-refractivity contribution in [1.29, 1.82) is 0 Å². The maximum atomic E-state index is 11.8. The monoisotopic (exact) mass is 308 g/mol. The highest BCUT2D eigenvalue weighted by Crippen LogP contribution is 2.18. The summed E-state index contributed by atoms with van der Waals surface area (Å²) in [6.45, 7) is 4.35. The summed E-state index contributed by atoms with van der Waals surface area (Å²) in [4.78, 5) is 43.0. The average Bonchev–Trinajstić information content (AvgIpc) is 2.86. The maximum absolute atomic E-state index is 11.8. The fraction of sp³-hybridized carbons (Fsp3) is 0.385. The molecule has 112 valence electrons. The van der Waals surface area contributed by atoms with Crippen molar-refractivity contribution in [3.8, 4) is 0 Å². The highest BCUT2D eigenvalue weighted by Gasteiger charge is 2.12. The molecule has 0 aliphatic carbocycles.